The van der Waals surface area contributed by atoms with Crippen LogP contribution in [0.25, 0.3) is 0 Å². The van der Waals surface area contributed by atoms with E-state index in [1.165, 1.54) is 0 Å². The predicted octanol–water partition coefficient (Wildman–Crippen LogP) is 1.36. The molecule has 1 N–H and O–H groups in total. The fourth-order valence-electron chi connectivity index (χ4n) is 2.34. The minimum atomic E-state index is -0.643. The van der Waals surface area contributed by atoms with E-state index < -0.39 is 6.17 Å². The number of rotatable bonds is 2. The molecule has 0 saturated carbocycles. The van der Waals surface area contributed by atoms with E-state index >= 15 is 0 Å². The fraction of sp³-hybridized carbons (Fsp3) is 1.00. The van der Waals surface area contributed by atoms with Gasteiger partial charge in [0.15, 0.2) is 0 Å². The molecule has 0 aliphatic carbocycles. The Morgan fingerprint density at radius 1 is 1.31 bits per heavy atom. The summed E-state index contributed by atoms with van der Waals surface area (Å²) in [5.74, 6) is 0.408. The predicted molar refractivity (Wildman–Crippen MR) is 49.4 cm³/mol. The van der Waals surface area contributed by atoms with E-state index in [0.29, 0.717) is 6.61 Å². The van der Waals surface area contributed by atoms with Crippen LogP contribution in [-0.2, 0) is 4.74 Å². The fourth-order valence-corrected chi connectivity index (χ4v) is 2.34. The van der Waals surface area contributed by atoms with Gasteiger partial charge in [0, 0.05) is 25.0 Å². The average molecular weight is 187 g/mol. The van der Waals surface area contributed by atoms with Crippen LogP contribution in [0.2, 0.25) is 0 Å². The molecule has 0 aromatic carbocycles. The number of piperidine rings is 1. The van der Waals surface area contributed by atoms with Gasteiger partial charge < -0.3 is 10.1 Å². The molecule has 0 aromatic heterocycles. The maximum absolute atomic E-state index is 13.9. The van der Waals surface area contributed by atoms with E-state index in [-0.39, 0.29) is 11.8 Å². The van der Waals surface area contributed by atoms with Crippen LogP contribution in [0, 0.1) is 11.8 Å². The third-order valence-electron chi connectivity index (χ3n) is 3.20. The summed E-state index contributed by atoms with van der Waals surface area (Å²) in [5.41, 5.74) is 0. The highest BCUT2D eigenvalue weighted by Gasteiger charge is 2.32. The van der Waals surface area contributed by atoms with E-state index in [4.69, 9.17) is 4.74 Å². The first-order chi connectivity index (χ1) is 6.38. The van der Waals surface area contributed by atoms with Gasteiger partial charge >= 0.3 is 0 Å². The SMILES string of the molecule is FC(C1CCCNC1)C1CCOC1. The monoisotopic (exact) mass is 187 g/mol. The zero-order chi connectivity index (χ0) is 9.10. The first-order valence-electron chi connectivity index (χ1n) is 5.30. The summed E-state index contributed by atoms with van der Waals surface area (Å²) < 4.78 is 19.1. The lowest BCUT2D eigenvalue weighted by Crippen LogP contribution is -2.38. The molecule has 0 radical (unpaired) electrons. The molecule has 3 heteroatoms. The highest BCUT2D eigenvalue weighted by atomic mass is 19.1. The quantitative estimate of drug-likeness (QED) is 0.704. The molecule has 0 amide bonds. The molecule has 2 aliphatic rings. The Hall–Kier alpha value is -0.150. The van der Waals surface area contributed by atoms with Gasteiger partial charge in [-0.2, -0.15) is 0 Å². The zero-order valence-electron chi connectivity index (χ0n) is 7.97. The second-order valence-electron chi connectivity index (χ2n) is 4.17. The van der Waals surface area contributed by atoms with Crippen LogP contribution in [0.15, 0.2) is 0 Å². The second-order valence-corrected chi connectivity index (χ2v) is 4.17. The molecule has 2 fully saturated rings. The van der Waals surface area contributed by atoms with Crippen LogP contribution in [0.1, 0.15) is 19.3 Å². The number of hydrogen-bond acceptors (Lipinski definition) is 2. The van der Waals surface area contributed by atoms with Gasteiger partial charge in [-0.05, 0) is 25.8 Å². The number of nitrogens with one attached hydrogen (secondary N) is 1. The Bertz CT molecular complexity index is 153. The van der Waals surface area contributed by atoms with E-state index in [0.717, 1.165) is 39.0 Å². The molecule has 2 heterocycles. The van der Waals surface area contributed by atoms with Crippen molar-refractivity contribution < 1.29 is 9.13 Å². The number of hydrogen-bond donors (Lipinski definition) is 1. The normalized spacial score (nSPS) is 37.6. The molecular weight excluding hydrogens is 169 g/mol. The van der Waals surface area contributed by atoms with Gasteiger partial charge in [0.2, 0.25) is 0 Å². The summed E-state index contributed by atoms with van der Waals surface area (Å²) in [7, 11) is 0. The Kier molecular flexibility index (Phi) is 3.17. The summed E-state index contributed by atoms with van der Waals surface area (Å²) >= 11 is 0. The van der Waals surface area contributed by atoms with Crippen molar-refractivity contribution in [3.63, 3.8) is 0 Å². The van der Waals surface area contributed by atoms with Gasteiger partial charge in [-0.1, -0.05) is 0 Å². The summed E-state index contributed by atoms with van der Waals surface area (Å²) in [6, 6.07) is 0. The molecule has 2 saturated heterocycles. The molecule has 2 aliphatic heterocycles. The Labute approximate surface area is 78.8 Å². The van der Waals surface area contributed by atoms with Crippen LogP contribution in [0.5, 0.6) is 0 Å². The minimum absolute atomic E-state index is 0.171. The van der Waals surface area contributed by atoms with Gasteiger partial charge in [0.25, 0.3) is 0 Å². The van der Waals surface area contributed by atoms with Gasteiger partial charge in [-0.3, -0.25) is 0 Å². The van der Waals surface area contributed by atoms with Gasteiger partial charge in [0.05, 0.1) is 6.61 Å². The standard InChI is InChI=1S/C10H18FNO/c11-10(9-3-5-13-7-9)8-2-1-4-12-6-8/h8-10,12H,1-7H2. The lowest BCUT2D eigenvalue weighted by molar-refractivity contribution is 0.107. The van der Waals surface area contributed by atoms with Crippen LogP contribution in [0.4, 0.5) is 4.39 Å². The second kappa shape index (κ2) is 4.38. The van der Waals surface area contributed by atoms with E-state index in [1.807, 2.05) is 0 Å². The molecule has 13 heavy (non-hydrogen) atoms. The maximum atomic E-state index is 13.9. The van der Waals surface area contributed by atoms with Crippen molar-refractivity contribution in [2.45, 2.75) is 25.4 Å². The van der Waals surface area contributed by atoms with Gasteiger partial charge in [-0.15, -0.1) is 0 Å². The average Bonchev–Trinajstić information content (AvgIpc) is 2.71. The van der Waals surface area contributed by atoms with E-state index in [1.54, 1.807) is 0 Å². The van der Waals surface area contributed by atoms with Crippen LogP contribution < -0.4 is 5.32 Å². The van der Waals surface area contributed by atoms with E-state index in [2.05, 4.69) is 5.32 Å². The third-order valence-corrected chi connectivity index (χ3v) is 3.20. The number of halogens is 1. The summed E-state index contributed by atoms with van der Waals surface area (Å²) in [6.45, 7) is 3.31. The minimum Gasteiger partial charge on any atom is -0.381 e. The van der Waals surface area contributed by atoms with Crippen molar-refractivity contribution in [2.75, 3.05) is 26.3 Å². The third kappa shape index (κ3) is 2.20. The zero-order valence-corrected chi connectivity index (χ0v) is 7.97. The molecule has 3 unspecified atom stereocenters. The summed E-state index contributed by atoms with van der Waals surface area (Å²) in [6.07, 6.45) is 2.44. The lowest BCUT2D eigenvalue weighted by Gasteiger charge is -2.28. The van der Waals surface area contributed by atoms with Gasteiger partial charge in [-0.25, -0.2) is 4.39 Å². The van der Waals surface area contributed by atoms with Crippen LogP contribution >= 0.6 is 0 Å². The van der Waals surface area contributed by atoms with Crippen molar-refractivity contribution in [3.05, 3.63) is 0 Å². The lowest BCUT2D eigenvalue weighted by atomic mass is 9.87. The summed E-state index contributed by atoms with van der Waals surface area (Å²) in [4.78, 5) is 0. The molecule has 0 spiro atoms. The molecule has 76 valence electrons. The molecular formula is C10H18FNO. The maximum Gasteiger partial charge on any atom is 0.109 e. The van der Waals surface area contributed by atoms with Gasteiger partial charge in [0.1, 0.15) is 6.17 Å². The summed E-state index contributed by atoms with van der Waals surface area (Å²) in [5, 5.41) is 3.26. The number of alkyl halides is 1. The highest BCUT2D eigenvalue weighted by Crippen LogP contribution is 2.28. The first kappa shape index (κ1) is 9.41. The number of ether oxygens (including phenoxy) is 1. The Morgan fingerprint density at radius 2 is 2.23 bits per heavy atom. The highest BCUT2D eigenvalue weighted by molar-refractivity contribution is 4.82. The van der Waals surface area contributed by atoms with Crippen molar-refractivity contribution in [1.29, 1.82) is 0 Å². The van der Waals surface area contributed by atoms with Crippen LogP contribution in [0.3, 0.4) is 0 Å². The van der Waals surface area contributed by atoms with E-state index in [9.17, 15) is 4.39 Å². The Balaban J connectivity index is 1.83. The molecule has 2 rings (SSSR count). The largest absolute Gasteiger partial charge is 0.381 e. The van der Waals surface area contributed by atoms with Crippen LogP contribution in [-0.4, -0.2) is 32.5 Å². The first-order valence-corrected chi connectivity index (χ1v) is 5.30. The topological polar surface area (TPSA) is 21.3 Å². The van der Waals surface area contributed by atoms with Crippen molar-refractivity contribution in [2.24, 2.45) is 11.8 Å². The molecule has 2 nitrogen and oxygen atoms in total. The molecule has 0 bridgehead atoms. The molecule has 3 atom stereocenters. The van der Waals surface area contributed by atoms with Crippen molar-refractivity contribution >= 4 is 0 Å². The Morgan fingerprint density at radius 3 is 2.85 bits per heavy atom. The molecule has 0 aromatic rings. The van der Waals surface area contributed by atoms with Crippen molar-refractivity contribution in [1.82, 2.24) is 5.32 Å². The van der Waals surface area contributed by atoms with Crippen molar-refractivity contribution in [3.8, 4) is 0 Å². The smallest absolute Gasteiger partial charge is 0.109 e.